The largest absolute Gasteiger partial charge is 0.495 e. The number of methoxy groups -OCH3 is 2. The van der Waals surface area contributed by atoms with Crippen molar-refractivity contribution in [1.82, 2.24) is 5.32 Å². The SMILES string of the molecule is COC(=O)c1ccc(OCCNCC(=O)Cc2ccc(NC(=O)Nc3ccccc3C)c(OC)c2)c(N2CCCCC2)c1. The summed E-state index contributed by atoms with van der Waals surface area (Å²) in [7, 11) is 2.89. The molecule has 10 nitrogen and oxygen atoms in total. The van der Waals surface area contributed by atoms with E-state index in [-0.39, 0.29) is 30.7 Å². The number of amides is 2. The van der Waals surface area contributed by atoms with E-state index in [1.54, 1.807) is 30.3 Å². The predicted molar refractivity (Wildman–Crippen MR) is 168 cm³/mol. The maximum atomic E-state index is 12.7. The van der Waals surface area contributed by atoms with E-state index in [2.05, 4.69) is 20.9 Å². The van der Waals surface area contributed by atoms with Crippen molar-refractivity contribution in [2.24, 2.45) is 0 Å². The van der Waals surface area contributed by atoms with Crippen molar-refractivity contribution < 1.29 is 28.6 Å². The van der Waals surface area contributed by atoms with Gasteiger partial charge in [0, 0.05) is 31.7 Å². The van der Waals surface area contributed by atoms with E-state index in [0.29, 0.717) is 35.9 Å². The topological polar surface area (TPSA) is 118 Å². The van der Waals surface area contributed by atoms with Gasteiger partial charge in [0.1, 0.15) is 18.1 Å². The highest BCUT2D eigenvalue weighted by Gasteiger charge is 2.18. The van der Waals surface area contributed by atoms with Crippen LogP contribution in [0.5, 0.6) is 11.5 Å². The summed E-state index contributed by atoms with van der Waals surface area (Å²) in [6.45, 7) is 4.77. The number of ketones is 1. The first-order valence-electron chi connectivity index (χ1n) is 14.5. The van der Waals surface area contributed by atoms with Crippen LogP contribution in [-0.2, 0) is 16.0 Å². The minimum Gasteiger partial charge on any atom is -0.495 e. The molecule has 0 atom stereocenters. The zero-order valence-electron chi connectivity index (χ0n) is 25.0. The molecule has 2 amide bonds. The second kappa shape index (κ2) is 15.6. The summed E-state index contributed by atoms with van der Waals surface area (Å²) in [5.74, 6) is 0.805. The van der Waals surface area contributed by atoms with Gasteiger partial charge in [-0.05, 0) is 73.7 Å². The smallest absolute Gasteiger partial charge is 0.337 e. The summed E-state index contributed by atoms with van der Waals surface area (Å²) in [4.78, 5) is 39.5. The second-order valence-corrected chi connectivity index (χ2v) is 10.4. The van der Waals surface area contributed by atoms with E-state index in [1.807, 2.05) is 37.3 Å². The molecule has 0 saturated carbocycles. The number of hydrogen-bond acceptors (Lipinski definition) is 8. The Kier molecular flexibility index (Phi) is 11.4. The highest BCUT2D eigenvalue weighted by atomic mass is 16.5. The summed E-state index contributed by atoms with van der Waals surface area (Å²) in [6, 6.07) is 17.8. The number of rotatable bonds is 13. The summed E-state index contributed by atoms with van der Waals surface area (Å²) < 4.78 is 16.4. The number of nitrogens with zero attached hydrogens (tertiary/aromatic N) is 1. The minimum absolute atomic E-state index is 0.0106. The van der Waals surface area contributed by atoms with Crippen LogP contribution >= 0.6 is 0 Å². The Bertz CT molecular complexity index is 1420. The fourth-order valence-electron chi connectivity index (χ4n) is 4.96. The fourth-order valence-corrected chi connectivity index (χ4v) is 4.96. The first-order chi connectivity index (χ1) is 20.9. The number of anilines is 3. The first kappa shape index (κ1) is 31.4. The summed E-state index contributed by atoms with van der Waals surface area (Å²) in [5.41, 5.74) is 4.33. The Labute approximate surface area is 252 Å². The lowest BCUT2D eigenvalue weighted by molar-refractivity contribution is -0.117. The van der Waals surface area contributed by atoms with Gasteiger partial charge in [-0.3, -0.25) is 4.79 Å². The van der Waals surface area contributed by atoms with Crippen LogP contribution in [0.2, 0.25) is 0 Å². The average Bonchev–Trinajstić information content (AvgIpc) is 3.02. The number of aryl methyl sites for hydroxylation is 1. The number of nitrogens with one attached hydrogen (secondary N) is 3. The van der Waals surface area contributed by atoms with E-state index in [4.69, 9.17) is 14.2 Å². The molecule has 0 spiro atoms. The summed E-state index contributed by atoms with van der Waals surface area (Å²) in [6.07, 6.45) is 3.61. The first-order valence-corrected chi connectivity index (χ1v) is 14.5. The van der Waals surface area contributed by atoms with Gasteiger partial charge in [-0.1, -0.05) is 24.3 Å². The molecule has 3 aromatic carbocycles. The minimum atomic E-state index is -0.384. The van der Waals surface area contributed by atoms with Crippen molar-refractivity contribution >= 4 is 34.8 Å². The number of Topliss-reactive ketones (excluding diaryl/α,β-unsaturated/α-hetero) is 1. The lowest BCUT2D eigenvalue weighted by atomic mass is 10.1. The lowest BCUT2D eigenvalue weighted by Gasteiger charge is -2.30. The average molecular weight is 589 g/mol. The number of para-hydroxylation sites is 1. The normalized spacial score (nSPS) is 12.8. The van der Waals surface area contributed by atoms with Gasteiger partial charge >= 0.3 is 12.0 Å². The monoisotopic (exact) mass is 588 g/mol. The van der Waals surface area contributed by atoms with E-state index in [1.165, 1.54) is 20.6 Å². The zero-order chi connectivity index (χ0) is 30.6. The van der Waals surface area contributed by atoms with Gasteiger partial charge in [-0.2, -0.15) is 0 Å². The number of carbonyl (C=O) groups excluding carboxylic acids is 3. The van der Waals surface area contributed by atoms with E-state index in [9.17, 15) is 14.4 Å². The summed E-state index contributed by atoms with van der Waals surface area (Å²) >= 11 is 0. The molecule has 1 fully saturated rings. The third-order valence-corrected chi connectivity index (χ3v) is 7.24. The van der Waals surface area contributed by atoms with Crippen LogP contribution in [-0.4, -0.2) is 64.8 Å². The molecule has 10 heteroatoms. The third kappa shape index (κ3) is 8.96. The number of benzene rings is 3. The van der Waals surface area contributed by atoms with Crippen molar-refractivity contribution in [1.29, 1.82) is 0 Å². The zero-order valence-corrected chi connectivity index (χ0v) is 25.0. The Balaban J connectivity index is 1.25. The molecule has 0 aliphatic carbocycles. The van der Waals surface area contributed by atoms with Gasteiger partial charge in [0.05, 0.1) is 37.7 Å². The van der Waals surface area contributed by atoms with Crippen LogP contribution in [0.25, 0.3) is 0 Å². The highest BCUT2D eigenvalue weighted by molar-refractivity contribution is 6.01. The molecule has 1 aliphatic rings. The van der Waals surface area contributed by atoms with Crippen molar-refractivity contribution in [3.8, 4) is 11.5 Å². The molecule has 4 rings (SSSR count). The molecule has 43 heavy (non-hydrogen) atoms. The molecule has 0 bridgehead atoms. The summed E-state index contributed by atoms with van der Waals surface area (Å²) in [5, 5.41) is 8.78. The maximum Gasteiger partial charge on any atom is 0.337 e. The fraction of sp³-hybridized carbons (Fsp3) is 0.364. The molecule has 228 valence electrons. The van der Waals surface area contributed by atoms with Gasteiger partial charge in [-0.15, -0.1) is 0 Å². The van der Waals surface area contributed by atoms with Crippen LogP contribution in [0.15, 0.2) is 60.7 Å². The maximum absolute atomic E-state index is 12.7. The van der Waals surface area contributed by atoms with E-state index in [0.717, 1.165) is 48.4 Å². The van der Waals surface area contributed by atoms with Crippen molar-refractivity contribution in [3.63, 3.8) is 0 Å². The molecule has 0 unspecified atom stereocenters. The number of hydrogen-bond donors (Lipinski definition) is 3. The molecule has 0 radical (unpaired) electrons. The van der Waals surface area contributed by atoms with Crippen LogP contribution in [0.1, 0.15) is 40.7 Å². The quantitative estimate of drug-likeness (QED) is 0.184. The standard InChI is InChI=1S/C33H40N4O6/c1-23-9-5-6-10-27(23)35-33(40)36-28-13-11-24(20-31(28)41-2)19-26(38)22-34-15-18-43-30-14-12-25(32(39)42-3)21-29(30)37-16-7-4-8-17-37/h5-6,9-14,20-21,34H,4,7-8,15-19,22H2,1-3H3,(H2,35,36,40). The van der Waals surface area contributed by atoms with Crippen molar-refractivity contribution in [3.05, 3.63) is 77.4 Å². The molecule has 1 saturated heterocycles. The van der Waals surface area contributed by atoms with Gasteiger partial charge < -0.3 is 35.1 Å². The number of carbonyl (C=O) groups is 3. The molecule has 1 aliphatic heterocycles. The van der Waals surface area contributed by atoms with Crippen LogP contribution in [0.4, 0.5) is 21.9 Å². The molecule has 3 N–H and O–H groups in total. The van der Waals surface area contributed by atoms with Gasteiger partial charge in [-0.25, -0.2) is 9.59 Å². The van der Waals surface area contributed by atoms with Crippen LogP contribution in [0, 0.1) is 6.92 Å². The van der Waals surface area contributed by atoms with Crippen molar-refractivity contribution in [2.75, 3.05) is 62.5 Å². The second-order valence-electron chi connectivity index (χ2n) is 10.4. The Morgan fingerprint density at radius 3 is 2.37 bits per heavy atom. The number of urea groups is 1. The van der Waals surface area contributed by atoms with E-state index < -0.39 is 0 Å². The van der Waals surface area contributed by atoms with E-state index >= 15 is 0 Å². The molecule has 0 aromatic heterocycles. The Morgan fingerprint density at radius 2 is 1.63 bits per heavy atom. The number of ether oxygens (including phenoxy) is 3. The predicted octanol–water partition coefficient (Wildman–Crippen LogP) is 5.20. The third-order valence-electron chi connectivity index (χ3n) is 7.24. The Morgan fingerprint density at radius 1 is 0.860 bits per heavy atom. The van der Waals surface area contributed by atoms with Crippen LogP contribution < -0.4 is 30.3 Å². The van der Waals surface area contributed by atoms with Gasteiger partial charge in [0.2, 0.25) is 0 Å². The van der Waals surface area contributed by atoms with Gasteiger partial charge in [0.25, 0.3) is 0 Å². The van der Waals surface area contributed by atoms with Gasteiger partial charge in [0.15, 0.2) is 5.78 Å². The molecule has 3 aromatic rings. The van der Waals surface area contributed by atoms with Crippen molar-refractivity contribution in [2.45, 2.75) is 32.6 Å². The Hall–Kier alpha value is -4.57. The van der Waals surface area contributed by atoms with Crippen LogP contribution in [0.3, 0.4) is 0 Å². The molecular formula is C33H40N4O6. The lowest BCUT2D eigenvalue weighted by Crippen LogP contribution is -2.31. The molecular weight excluding hydrogens is 548 g/mol. The number of piperidine rings is 1. The highest BCUT2D eigenvalue weighted by Crippen LogP contribution is 2.32. The molecule has 1 heterocycles. The number of esters is 1.